The fourth-order valence-electron chi connectivity index (χ4n) is 4.13. The lowest BCUT2D eigenvalue weighted by Crippen LogP contribution is -2.51. The minimum absolute atomic E-state index is 0.244. The lowest BCUT2D eigenvalue weighted by molar-refractivity contribution is -0.137. The Morgan fingerprint density at radius 2 is 1.78 bits per heavy atom. The summed E-state index contributed by atoms with van der Waals surface area (Å²) in [7, 11) is -4.43. The van der Waals surface area contributed by atoms with Crippen LogP contribution in [0.4, 0.5) is 28.0 Å². The highest BCUT2D eigenvalue weighted by Gasteiger charge is 2.40. The number of carbonyl (C=O) groups is 2. The molecule has 1 atom stereocenters. The van der Waals surface area contributed by atoms with E-state index in [2.05, 4.69) is 10.3 Å². The van der Waals surface area contributed by atoms with Gasteiger partial charge in [0.1, 0.15) is 17.5 Å². The van der Waals surface area contributed by atoms with Crippen LogP contribution in [0.2, 0.25) is 5.02 Å². The number of fused-ring (bicyclic) bond motifs is 1. The summed E-state index contributed by atoms with van der Waals surface area (Å²) in [4.78, 5) is 30.6. The summed E-state index contributed by atoms with van der Waals surface area (Å²) in [6, 6.07) is 7.52. The number of alkyl halides is 3. The molecule has 0 spiro atoms. The predicted octanol–water partition coefficient (Wildman–Crippen LogP) is 5.77. The molecule has 4 rings (SSSR count). The number of benzene rings is 2. The molecule has 0 fully saturated rings. The van der Waals surface area contributed by atoms with Gasteiger partial charge in [-0.15, -0.1) is 0 Å². The number of sulfone groups is 1. The van der Waals surface area contributed by atoms with Gasteiger partial charge in [0, 0.05) is 16.8 Å². The number of halogens is 5. The van der Waals surface area contributed by atoms with Crippen LogP contribution in [0.5, 0.6) is 0 Å². The number of nitrogens with one attached hydrogen (secondary N) is 1. The Bertz CT molecular complexity index is 1610. The van der Waals surface area contributed by atoms with Crippen LogP contribution in [0.25, 0.3) is 11.3 Å². The Balaban J connectivity index is 1.88. The predicted molar refractivity (Wildman–Crippen MR) is 142 cm³/mol. The largest absolute Gasteiger partial charge is 0.444 e. The van der Waals surface area contributed by atoms with Gasteiger partial charge in [0.2, 0.25) is 0 Å². The zero-order valence-corrected chi connectivity index (χ0v) is 23.5. The van der Waals surface area contributed by atoms with Crippen LogP contribution in [-0.2, 0) is 32.1 Å². The number of rotatable bonds is 4. The van der Waals surface area contributed by atoms with E-state index in [1.807, 2.05) is 0 Å². The summed E-state index contributed by atoms with van der Waals surface area (Å²) in [6.07, 6.45) is -4.96. The number of hydrogen-bond donors (Lipinski definition) is 1. The molecule has 1 N–H and O–H groups in total. The van der Waals surface area contributed by atoms with Gasteiger partial charge in [-0.2, -0.15) is 13.2 Å². The molecule has 1 aromatic heterocycles. The van der Waals surface area contributed by atoms with Crippen molar-refractivity contribution in [2.24, 2.45) is 0 Å². The number of aromatic nitrogens is 1. The zero-order valence-electron chi connectivity index (χ0n) is 21.9. The molecular formula is C27H24ClF4N3O5S. The molecule has 0 bridgehead atoms. The molecule has 14 heteroatoms. The van der Waals surface area contributed by atoms with E-state index in [1.165, 1.54) is 12.1 Å². The van der Waals surface area contributed by atoms with Gasteiger partial charge in [-0.3, -0.25) is 9.78 Å². The highest BCUT2D eigenvalue weighted by Crippen LogP contribution is 2.38. The molecule has 1 aliphatic rings. The molecule has 0 saturated carbocycles. The molecule has 0 saturated heterocycles. The first-order valence-corrected chi connectivity index (χ1v) is 14.1. The van der Waals surface area contributed by atoms with Crippen LogP contribution < -0.4 is 10.2 Å². The van der Waals surface area contributed by atoms with E-state index < -0.39 is 72.9 Å². The summed E-state index contributed by atoms with van der Waals surface area (Å²) in [5, 5.41) is 2.67. The molecule has 0 aliphatic carbocycles. The molecule has 218 valence electrons. The number of ether oxygens (including phenoxy) is 1. The average molecular weight is 614 g/mol. The minimum atomic E-state index is -4.75. The second kappa shape index (κ2) is 10.9. The molecule has 0 radical (unpaired) electrons. The molecule has 2 heterocycles. The maximum absolute atomic E-state index is 15.4. The number of pyridine rings is 1. The Morgan fingerprint density at radius 3 is 2.39 bits per heavy atom. The van der Waals surface area contributed by atoms with E-state index in [0.717, 1.165) is 17.2 Å². The quantitative estimate of drug-likeness (QED) is 0.374. The van der Waals surface area contributed by atoms with Crippen LogP contribution in [0.3, 0.4) is 0 Å². The van der Waals surface area contributed by atoms with Crippen molar-refractivity contribution < 1.29 is 40.3 Å². The van der Waals surface area contributed by atoms with Crippen molar-refractivity contribution in [1.29, 1.82) is 0 Å². The van der Waals surface area contributed by atoms with E-state index in [-0.39, 0.29) is 12.2 Å². The molecule has 8 nitrogen and oxygen atoms in total. The third-order valence-electron chi connectivity index (χ3n) is 5.93. The van der Waals surface area contributed by atoms with Gasteiger partial charge in [-0.1, -0.05) is 23.7 Å². The van der Waals surface area contributed by atoms with Crippen molar-refractivity contribution in [3.8, 4) is 11.3 Å². The number of alkyl carbamates (subject to hydrolysis) is 1. The number of carbonyl (C=O) groups excluding carboxylic acids is 2. The van der Waals surface area contributed by atoms with Crippen LogP contribution in [0.15, 0.2) is 59.6 Å². The normalized spacial score (nSPS) is 17.0. The number of anilines is 1. The second-order valence-electron chi connectivity index (χ2n) is 10.3. The van der Waals surface area contributed by atoms with Crippen molar-refractivity contribution in [1.82, 2.24) is 10.3 Å². The highest BCUT2D eigenvalue weighted by atomic mass is 35.5. The Morgan fingerprint density at radius 1 is 1.12 bits per heavy atom. The van der Waals surface area contributed by atoms with Gasteiger partial charge in [0.15, 0.2) is 9.84 Å². The first-order chi connectivity index (χ1) is 18.9. The van der Waals surface area contributed by atoms with Crippen molar-refractivity contribution in [2.75, 3.05) is 10.7 Å². The Kier molecular flexibility index (Phi) is 8.07. The van der Waals surface area contributed by atoms with Gasteiger partial charge in [0.05, 0.1) is 34.1 Å². The Hall–Kier alpha value is -3.71. The monoisotopic (exact) mass is 613 g/mol. The maximum atomic E-state index is 15.4. The van der Waals surface area contributed by atoms with Gasteiger partial charge in [-0.05, 0) is 62.7 Å². The number of nitrogens with zero attached hydrogens (tertiary/aromatic N) is 2. The fourth-order valence-corrected chi connectivity index (χ4v) is 5.87. The zero-order chi connectivity index (χ0) is 30.3. The van der Waals surface area contributed by atoms with Gasteiger partial charge in [0.25, 0.3) is 5.91 Å². The van der Waals surface area contributed by atoms with E-state index in [4.69, 9.17) is 16.3 Å². The van der Waals surface area contributed by atoms with Gasteiger partial charge >= 0.3 is 12.3 Å². The Labute approximate surface area is 238 Å². The second-order valence-corrected chi connectivity index (χ2v) is 12.7. The first-order valence-electron chi connectivity index (χ1n) is 12.1. The van der Waals surface area contributed by atoms with Gasteiger partial charge < -0.3 is 15.0 Å². The summed E-state index contributed by atoms with van der Waals surface area (Å²) >= 11 is 5.96. The van der Waals surface area contributed by atoms with E-state index >= 15 is 4.39 Å². The van der Waals surface area contributed by atoms with E-state index in [1.54, 1.807) is 32.9 Å². The highest BCUT2D eigenvalue weighted by molar-refractivity contribution is 7.91. The third-order valence-corrected chi connectivity index (χ3v) is 7.95. The summed E-state index contributed by atoms with van der Waals surface area (Å²) in [5.41, 5.74) is -2.75. The van der Waals surface area contributed by atoms with Crippen molar-refractivity contribution in [2.45, 2.75) is 50.0 Å². The fraction of sp³-hybridized carbons (Fsp3) is 0.296. The first kappa shape index (κ1) is 30.3. The standard InChI is InChI=1S/C27H24ClF4N3O5S/c1-26(2,3)40-25(37)34-21-14-41(38,39)23-12-19(29)18(20-10-16(8-9-33-20)27(30,31)32)11-22(23)35(24(21)36)13-15-4-6-17(28)7-5-15/h4-12,21H,13-14H2,1-3H3,(H,34,37)/t21-/m0/s1. The lowest BCUT2D eigenvalue weighted by Gasteiger charge is -2.27. The average Bonchev–Trinajstić information content (AvgIpc) is 2.92. The molecule has 0 unspecified atom stereocenters. The molecule has 2 amide bonds. The van der Waals surface area contributed by atoms with Crippen molar-refractivity contribution in [3.05, 3.63) is 76.7 Å². The SMILES string of the molecule is CC(C)(C)OC(=O)N[C@H]1CS(=O)(=O)c2cc(F)c(-c3cc(C(F)(F)F)ccn3)cc2N(Cc2ccc(Cl)cc2)C1=O. The van der Waals surface area contributed by atoms with E-state index in [0.29, 0.717) is 28.8 Å². The summed E-state index contributed by atoms with van der Waals surface area (Å²) in [5.74, 6) is -2.96. The molecule has 1 aliphatic heterocycles. The van der Waals surface area contributed by atoms with Crippen LogP contribution >= 0.6 is 11.6 Å². The van der Waals surface area contributed by atoms with Gasteiger partial charge in [-0.25, -0.2) is 17.6 Å². The van der Waals surface area contributed by atoms with Crippen LogP contribution in [0.1, 0.15) is 31.9 Å². The smallest absolute Gasteiger partial charge is 0.416 e. The van der Waals surface area contributed by atoms with Crippen molar-refractivity contribution in [3.63, 3.8) is 0 Å². The minimum Gasteiger partial charge on any atom is -0.444 e. The lowest BCUT2D eigenvalue weighted by atomic mass is 10.1. The molecule has 3 aromatic rings. The van der Waals surface area contributed by atoms with E-state index in [9.17, 15) is 31.2 Å². The van der Waals surface area contributed by atoms with Crippen LogP contribution in [0, 0.1) is 5.82 Å². The topological polar surface area (TPSA) is 106 Å². The summed E-state index contributed by atoms with van der Waals surface area (Å²) < 4.78 is 87.4. The maximum Gasteiger partial charge on any atom is 0.416 e. The van der Waals surface area contributed by atoms with Crippen molar-refractivity contribution >= 4 is 39.1 Å². The molecule has 41 heavy (non-hydrogen) atoms. The third kappa shape index (κ3) is 6.96. The number of hydrogen-bond acceptors (Lipinski definition) is 6. The summed E-state index contributed by atoms with van der Waals surface area (Å²) in [6.45, 7) is 4.49. The number of amides is 2. The van der Waals surface area contributed by atoms with Crippen LogP contribution in [-0.4, -0.2) is 42.8 Å². The molecular weight excluding hydrogens is 590 g/mol. The molecule has 2 aromatic carbocycles.